The lowest BCUT2D eigenvalue weighted by molar-refractivity contribution is 0.281. The van der Waals surface area contributed by atoms with Gasteiger partial charge in [0.25, 0.3) is 0 Å². The van der Waals surface area contributed by atoms with E-state index < -0.39 is 10.0 Å². The van der Waals surface area contributed by atoms with E-state index in [1.807, 2.05) is 0 Å². The lowest BCUT2D eigenvalue weighted by Gasteiger charge is -2.11. The predicted molar refractivity (Wildman–Crippen MR) is 77.9 cm³/mol. The second kappa shape index (κ2) is 6.22. The van der Waals surface area contributed by atoms with Crippen LogP contribution in [0.4, 0.5) is 0 Å². The molecule has 7 nitrogen and oxygen atoms in total. The maximum atomic E-state index is 12.4. The summed E-state index contributed by atoms with van der Waals surface area (Å²) in [7, 11) is -3.75. The molecule has 0 aliphatic rings. The van der Waals surface area contributed by atoms with Crippen LogP contribution in [0.2, 0.25) is 0 Å². The first-order chi connectivity index (χ1) is 9.83. The number of hydrogen-bond donors (Lipinski definition) is 2. The Morgan fingerprint density at radius 3 is 2.67 bits per heavy atom. The summed E-state index contributed by atoms with van der Waals surface area (Å²) in [6, 6.07) is 3.11. The molecule has 21 heavy (non-hydrogen) atoms. The molecule has 2 rings (SSSR count). The van der Waals surface area contributed by atoms with Gasteiger partial charge in [0.15, 0.2) is 5.82 Å². The minimum atomic E-state index is -3.75. The zero-order chi connectivity index (χ0) is 15.6. The van der Waals surface area contributed by atoms with Crippen molar-refractivity contribution >= 4 is 26.0 Å². The number of halogens is 1. The van der Waals surface area contributed by atoms with Crippen LogP contribution in [0.5, 0.6) is 0 Å². The highest BCUT2D eigenvalue weighted by Crippen LogP contribution is 2.26. The van der Waals surface area contributed by atoms with E-state index >= 15 is 0 Å². The Balaban J connectivity index is 2.29. The predicted octanol–water partition coefficient (Wildman–Crippen LogP) is 1.42. The number of rotatable bonds is 5. The average Bonchev–Trinajstić information content (AvgIpc) is 2.85. The Bertz CT molecular complexity index is 758. The Kier molecular flexibility index (Phi) is 4.77. The molecule has 114 valence electrons. The third-order valence-electron chi connectivity index (χ3n) is 2.81. The number of hydrogen-bond acceptors (Lipinski definition) is 6. The number of benzene rings is 1. The van der Waals surface area contributed by atoms with Crippen LogP contribution >= 0.6 is 15.9 Å². The van der Waals surface area contributed by atoms with Crippen molar-refractivity contribution in [2.75, 3.05) is 0 Å². The molecule has 9 heteroatoms. The maximum absolute atomic E-state index is 12.4. The van der Waals surface area contributed by atoms with Crippen molar-refractivity contribution in [3.63, 3.8) is 0 Å². The van der Waals surface area contributed by atoms with Crippen molar-refractivity contribution in [2.24, 2.45) is 0 Å². The number of sulfonamides is 1. The van der Waals surface area contributed by atoms with E-state index in [1.54, 1.807) is 19.9 Å². The molecule has 1 aromatic carbocycles. The average molecular weight is 376 g/mol. The first-order valence-corrected chi connectivity index (χ1v) is 8.30. The second-order valence-corrected chi connectivity index (χ2v) is 7.01. The van der Waals surface area contributed by atoms with Gasteiger partial charge < -0.3 is 9.63 Å². The second-order valence-electron chi connectivity index (χ2n) is 4.42. The van der Waals surface area contributed by atoms with Gasteiger partial charge >= 0.3 is 0 Å². The molecule has 0 radical (unpaired) electrons. The van der Waals surface area contributed by atoms with Gasteiger partial charge in [-0.05, 0) is 37.1 Å². The zero-order valence-corrected chi connectivity index (χ0v) is 13.8. The number of nitrogens with zero attached hydrogens (tertiary/aromatic N) is 2. The summed E-state index contributed by atoms with van der Waals surface area (Å²) in [5.74, 6) is 0.622. The largest absolute Gasteiger partial charge is 0.392 e. The van der Waals surface area contributed by atoms with Gasteiger partial charge in [-0.3, -0.25) is 0 Å². The van der Waals surface area contributed by atoms with Gasteiger partial charge in [0.05, 0.1) is 18.0 Å². The lowest BCUT2D eigenvalue weighted by Crippen LogP contribution is -2.24. The molecule has 0 aliphatic carbocycles. The van der Waals surface area contributed by atoms with Crippen LogP contribution < -0.4 is 4.72 Å². The highest BCUT2D eigenvalue weighted by Gasteiger charge is 2.20. The smallest absolute Gasteiger partial charge is 0.241 e. The SMILES string of the molecule is Cc1noc(CNS(=O)(=O)c2cc(CO)cc(Br)c2C)n1. The molecule has 0 saturated heterocycles. The molecule has 2 N–H and O–H groups in total. The molecular formula is C12H14BrN3O4S. The summed E-state index contributed by atoms with van der Waals surface area (Å²) in [5, 5.41) is 12.8. The third kappa shape index (κ3) is 3.67. The topological polar surface area (TPSA) is 105 Å². The van der Waals surface area contributed by atoms with Gasteiger partial charge in [-0.1, -0.05) is 21.1 Å². The summed E-state index contributed by atoms with van der Waals surface area (Å²) >= 11 is 3.29. The molecule has 0 amide bonds. The van der Waals surface area contributed by atoms with Crippen molar-refractivity contribution < 1.29 is 18.0 Å². The highest BCUT2D eigenvalue weighted by atomic mass is 79.9. The van der Waals surface area contributed by atoms with Gasteiger partial charge in [0, 0.05) is 4.47 Å². The van der Waals surface area contributed by atoms with Crippen LogP contribution in [-0.2, 0) is 23.2 Å². The summed E-state index contributed by atoms with van der Waals surface area (Å²) < 4.78 is 32.6. The molecule has 0 fully saturated rings. The summed E-state index contributed by atoms with van der Waals surface area (Å²) in [6.07, 6.45) is 0. The van der Waals surface area contributed by atoms with Crippen LogP contribution in [-0.4, -0.2) is 23.7 Å². The maximum Gasteiger partial charge on any atom is 0.241 e. The number of nitrogens with one attached hydrogen (secondary N) is 1. The fourth-order valence-corrected chi connectivity index (χ4v) is 3.65. The lowest BCUT2D eigenvalue weighted by atomic mass is 10.2. The summed E-state index contributed by atoms with van der Waals surface area (Å²) in [5.41, 5.74) is 1.06. The Morgan fingerprint density at radius 2 is 2.10 bits per heavy atom. The van der Waals surface area contributed by atoms with Crippen molar-refractivity contribution in [1.82, 2.24) is 14.9 Å². The van der Waals surface area contributed by atoms with Gasteiger partial charge in [0.2, 0.25) is 15.9 Å². The number of aliphatic hydroxyl groups excluding tert-OH is 1. The fraction of sp³-hybridized carbons (Fsp3) is 0.333. The molecule has 0 unspecified atom stereocenters. The Labute approximate surface area is 130 Å². The van der Waals surface area contributed by atoms with Gasteiger partial charge in [0.1, 0.15) is 0 Å². The van der Waals surface area contributed by atoms with Crippen LogP contribution in [0.3, 0.4) is 0 Å². The monoisotopic (exact) mass is 375 g/mol. The Morgan fingerprint density at radius 1 is 1.38 bits per heavy atom. The minimum absolute atomic E-state index is 0.0937. The van der Waals surface area contributed by atoms with E-state index in [2.05, 4.69) is 30.8 Å². The van der Waals surface area contributed by atoms with E-state index in [0.717, 1.165) is 0 Å². The molecule has 0 spiro atoms. The van der Waals surface area contributed by atoms with E-state index in [9.17, 15) is 13.5 Å². The van der Waals surface area contributed by atoms with E-state index in [1.165, 1.54) is 6.07 Å². The fourth-order valence-electron chi connectivity index (χ4n) is 1.72. The first kappa shape index (κ1) is 16.1. The number of aryl methyl sites for hydroxylation is 1. The van der Waals surface area contributed by atoms with E-state index in [4.69, 9.17) is 4.52 Å². The third-order valence-corrected chi connectivity index (χ3v) is 5.16. The quantitative estimate of drug-likeness (QED) is 0.818. The number of aromatic nitrogens is 2. The van der Waals surface area contributed by atoms with Gasteiger partial charge in [-0.25, -0.2) is 13.1 Å². The highest BCUT2D eigenvalue weighted by molar-refractivity contribution is 9.10. The minimum Gasteiger partial charge on any atom is -0.392 e. The number of aliphatic hydroxyl groups is 1. The van der Waals surface area contributed by atoms with Crippen LogP contribution in [0.25, 0.3) is 0 Å². The molecule has 0 bridgehead atoms. The van der Waals surface area contributed by atoms with Crippen molar-refractivity contribution in [2.45, 2.75) is 31.9 Å². The molecule has 1 aromatic heterocycles. The Hall–Kier alpha value is -1.29. The van der Waals surface area contributed by atoms with E-state index in [-0.39, 0.29) is 23.9 Å². The molecule has 2 aromatic rings. The van der Waals surface area contributed by atoms with Crippen molar-refractivity contribution in [3.05, 3.63) is 39.4 Å². The van der Waals surface area contributed by atoms with Crippen LogP contribution in [0, 0.1) is 13.8 Å². The molecule has 0 saturated carbocycles. The van der Waals surface area contributed by atoms with Crippen molar-refractivity contribution in [3.8, 4) is 0 Å². The van der Waals surface area contributed by atoms with Gasteiger partial charge in [-0.2, -0.15) is 4.98 Å². The first-order valence-electron chi connectivity index (χ1n) is 6.02. The van der Waals surface area contributed by atoms with Gasteiger partial charge in [-0.15, -0.1) is 0 Å². The standard InChI is InChI=1S/C12H14BrN3O4S/c1-7-10(13)3-9(6-17)4-11(7)21(18,19)14-5-12-15-8(2)16-20-12/h3-4,14,17H,5-6H2,1-2H3. The molecule has 1 heterocycles. The summed E-state index contributed by atoms with van der Waals surface area (Å²) in [6.45, 7) is 2.98. The van der Waals surface area contributed by atoms with Crippen LogP contribution in [0.1, 0.15) is 22.8 Å². The molecule has 0 atom stereocenters. The normalized spacial score (nSPS) is 11.8. The van der Waals surface area contributed by atoms with Crippen LogP contribution in [0.15, 0.2) is 26.0 Å². The van der Waals surface area contributed by atoms with Crippen molar-refractivity contribution in [1.29, 1.82) is 0 Å². The molecule has 0 aliphatic heterocycles. The van der Waals surface area contributed by atoms with E-state index in [0.29, 0.717) is 21.4 Å². The molecular weight excluding hydrogens is 362 g/mol. The zero-order valence-electron chi connectivity index (χ0n) is 11.4. The summed E-state index contributed by atoms with van der Waals surface area (Å²) in [4.78, 5) is 4.02.